The van der Waals surface area contributed by atoms with Gasteiger partial charge in [-0.1, -0.05) is 0 Å². The van der Waals surface area contributed by atoms with E-state index in [9.17, 15) is 0 Å². The van der Waals surface area contributed by atoms with Crippen molar-refractivity contribution in [2.75, 3.05) is 6.61 Å². The molecule has 0 aliphatic heterocycles. The van der Waals surface area contributed by atoms with Crippen LogP contribution in [0.2, 0.25) is 0 Å². The fourth-order valence-corrected chi connectivity index (χ4v) is 1.12. The number of rotatable bonds is 5. The molecule has 3 N–H and O–H groups in total. The van der Waals surface area contributed by atoms with Crippen molar-refractivity contribution in [1.29, 1.82) is 0 Å². The van der Waals surface area contributed by atoms with Crippen LogP contribution in [0, 0.1) is 0 Å². The molecule has 14 heavy (non-hydrogen) atoms. The van der Waals surface area contributed by atoms with Gasteiger partial charge in [-0.05, 0) is 31.5 Å². The van der Waals surface area contributed by atoms with Crippen molar-refractivity contribution < 1.29 is 4.74 Å². The summed E-state index contributed by atoms with van der Waals surface area (Å²) in [6, 6.07) is 3.88. The second kappa shape index (κ2) is 5.70. The largest absolute Gasteiger partial charge is 0.377 e. The molecule has 0 radical (unpaired) electrons. The maximum atomic E-state index is 5.49. The van der Waals surface area contributed by atoms with E-state index in [1.165, 1.54) is 0 Å². The summed E-state index contributed by atoms with van der Waals surface area (Å²) < 4.78 is 5.49. The lowest BCUT2D eigenvalue weighted by Crippen LogP contribution is -2.32. The Bertz CT molecular complexity index is 251. The SMILES string of the molecule is CC(C)OCC(NN)c1ccncc1. The molecule has 0 fully saturated rings. The highest BCUT2D eigenvalue weighted by molar-refractivity contribution is 5.14. The van der Waals surface area contributed by atoms with E-state index in [1.807, 2.05) is 26.0 Å². The van der Waals surface area contributed by atoms with Crippen molar-refractivity contribution in [3.05, 3.63) is 30.1 Å². The summed E-state index contributed by atoms with van der Waals surface area (Å²) in [5.74, 6) is 5.44. The molecule has 0 aromatic carbocycles. The normalized spacial score (nSPS) is 13.1. The van der Waals surface area contributed by atoms with Gasteiger partial charge < -0.3 is 4.74 Å². The van der Waals surface area contributed by atoms with Crippen LogP contribution >= 0.6 is 0 Å². The molecule has 0 saturated heterocycles. The van der Waals surface area contributed by atoms with Gasteiger partial charge in [-0.2, -0.15) is 0 Å². The minimum atomic E-state index is 0.0281. The quantitative estimate of drug-likeness (QED) is 0.544. The van der Waals surface area contributed by atoms with Crippen LogP contribution < -0.4 is 11.3 Å². The van der Waals surface area contributed by atoms with Crippen molar-refractivity contribution in [2.24, 2.45) is 5.84 Å². The Balaban J connectivity index is 2.54. The van der Waals surface area contributed by atoms with Crippen LogP contribution in [0.5, 0.6) is 0 Å². The van der Waals surface area contributed by atoms with Crippen LogP contribution in [0.25, 0.3) is 0 Å². The zero-order valence-corrected chi connectivity index (χ0v) is 8.60. The second-order valence-corrected chi connectivity index (χ2v) is 3.38. The third-order valence-electron chi connectivity index (χ3n) is 1.91. The molecule has 0 saturated carbocycles. The maximum absolute atomic E-state index is 5.49. The highest BCUT2D eigenvalue weighted by Crippen LogP contribution is 2.11. The second-order valence-electron chi connectivity index (χ2n) is 3.38. The maximum Gasteiger partial charge on any atom is 0.0695 e. The predicted octanol–water partition coefficient (Wildman–Crippen LogP) is 1.01. The molecule has 0 bridgehead atoms. The predicted molar refractivity (Wildman–Crippen MR) is 55.4 cm³/mol. The number of ether oxygens (including phenoxy) is 1. The fourth-order valence-electron chi connectivity index (χ4n) is 1.12. The molecule has 1 aromatic rings. The number of nitrogens with two attached hydrogens (primary N) is 1. The Hall–Kier alpha value is -0.970. The summed E-state index contributed by atoms with van der Waals surface area (Å²) in [5.41, 5.74) is 3.81. The molecular formula is C10H17N3O. The highest BCUT2D eigenvalue weighted by Gasteiger charge is 2.09. The molecule has 1 aromatic heterocycles. The number of nitrogens with one attached hydrogen (secondary N) is 1. The molecule has 4 heteroatoms. The van der Waals surface area contributed by atoms with Crippen molar-refractivity contribution in [2.45, 2.75) is 26.0 Å². The van der Waals surface area contributed by atoms with Gasteiger partial charge in [-0.3, -0.25) is 16.3 Å². The fraction of sp³-hybridized carbons (Fsp3) is 0.500. The van der Waals surface area contributed by atoms with Crippen LogP contribution in [0.15, 0.2) is 24.5 Å². The van der Waals surface area contributed by atoms with Crippen molar-refractivity contribution >= 4 is 0 Å². The number of hydrazine groups is 1. The number of nitrogens with zero attached hydrogens (tertiary/aromatic N) is 1. The zero-order chi connectivity index (χ0) is 10.4. The zero-order valence-electron chi connectivity index (χ0n) is 8.60. The number of pyridine rings is 1. The Morgan fingerprint density at radius 1 is 1.43 bits per heavy atom. The lowest BCUT2D eigenvalue weighted by molar-refractivity contribution is 0.0611. The summed E-state index contributed by atoms with van der Waals surface area (Å²) in [6.45, 7) is 4.57. The van der Waals surface area contributed by atoms with E-state index in [-0.39, 0.29) is 12.1 Å². The van der Waals surface area contributed by atoms with Gasteiger partial charge in [-0.25, -0.2) is 0 Å². The molecule has 1 rings (SSSR count). The molecule has 1 unspecified atom stereocenters. The van der Waals surface area contributed by atoms with Crippen LogP contribution in [-0.2, 0) is 4.74 Å². The monoisotopic (exact) mass is 195 g/mol. The number of aromatic nitrogens is 1. The summed E-state index contributed by atoms with van der Waals surface area (Å²) in [4.78, 5) is 3.95. The van der Waals surface area contributed by atoms with Gasteiger partial charge in [0.2, 0.25) is 0 Å². The van der Waals surface area contributed by atoms with E-state index >= 15 is 0 Å². The molecule has 0 amide bonds. The molecule has 0 aliphatic carbocycles. The third kappa shape index (κ3) is 3.41. The number of hydrogen-bond acceptors (Lipinski definition) is 4. The van der Waals surface area contributed by atoms with Gasteiger partial charge in [-0.15, -0.1) is 0 Å². The summed E-state index contributed by atoms with van der Waals surface area (Å²) >= 11 is 0. The van der Waals surface area contributed by atoms with Gasteiger partial charge >= 0.3 is 0 Å². The lowest BCUT2D eigenvalue weighted by atomic mass is 10.1. The molecular weight excluding hydrogens is 178 g/mol. The van der Waals surface area contributed by atoms with E-state index in [0.717, 1.165) is 5.56 Å². The minimum Gasteiger partial charge on any atom is -0.377 e. The standard InChI is InChI=1S/C10H17N3O/c1-8(2)14-7-10(13-11)9-3-5-12-6-4-9/h3-6,8,10,13H,7,11H2,1-2H3. The van der Waals surface area contributed by atoms with E-state index in [1.54, 1.807) is 12.4 Å². The average molecular weight is 195 g/mol. The van der Waals surface area contributed by atoms with E-state index in [4.69, 9.17) is 10.6 Å². The molecule has 1 atom stereocenters. The summed E-state index contributed by atoms with van der Waals surface area (Å²) in [6.07, 6.45) is 3.71. The van der Waals surface area contributed by atoms with Gasteiger partial charge in [0.1, 0.15) is 0 Å². The first kappa shape index (κ1) is 11.1. The first-order valence-corrected chi connectivity index (χ1v) is 4.71. The van der Waals surface area contributed by atoms with E-state index in [0.29, 0.717) is 6.61 Å². The summed E-state index contributed by atoms with van der Waals surface area (Å²) in [5, 5.41) is 0. The molecule has 1 heterocycles. The van der Waals surface area contributed by atoms with Crippen LogP contribution in [-0.4, -0.2) is 17.7 Å². The Kier molecular flexibility index (Phi) is 4.52. The van der Waals surface area contributed by atoms with E-state index in [2.05, 4.69) is 10.4 Å². The van der Waals surface area contributed by atoms with Gasteiger partial charge in [0, 0.05) is 12.4 Å². The Morgan fingerprint density at radius 2 is 2.07 bits per heavy atom. The molecule has 4 nitrogen and oxygen atoms in total. The molecule has 0 spiro atoms. The Labute approximate surface area is 84.4 Å². The minimum absolute atomic E-state index is 0.0281. The van der Waals surface area contributed by atoms with Crippen molar-refractivity contribution in [3.63, 3.8) is 0 Å². The smallest absolute Gasteiger partial charge is 0.0695 e. The van der Waals surface area contributed by atoms with Crippen LogP contribution in [0.1, 0.15) is 25.5 Å². The first-order chi connectivity index (χ1) is 6.74. The first-order valence-electron chi connectivity index (χ1n) is 4.71. The average Bonchev–Trinajstić information content (AvgIpc) is 2.20. The van der Waals surface area contributed by atoms with Crippen molar-refractivity contribution in [1.82, 2.24) is 10.4 Å². The van der Waals surface area contributed by atoms with Gasteiger partial charge in [0.25, 0.3) is 0 Å². The lowest BCUT2D eigenvalue weighted by Gasteiger charge is -2.17. The molecule has 0 aliphatic rings. The van der Waals surface area contributed by atoms with Crippen LogP contribution in [0.3, 0.4) is 0 Å². The van der Waals surface area contributed by atoms with Crippen molar-refractivity contribution in [3.8, 4) is 0 Å². The molecule has 78 valence electrons. The third-order valence-corrected chi connectivity index (χ3v) is 1.91. The summed E-state index contributed by atoms with van der Waals surface area (Å²) in [7, 11) is 0. The van der Waals surface area contributed by atoms with Crippen LogP contribution in [0.4, 0.5) is 0 Å². The number of hydrogen-bond donors (Lipinski definition) is 2. The Morgan fingerprint density at radius 3 is 2.57 bits per heavy atom. The highest BCUT2D eigenvalue weighted by atomic mass is 16.5. The van der Waals surface area contributed by atoms with E-state index < -0.39 is 0 Å². The van der Waals surface area contributed by atoms with Gasteiger partial charge in [0.05, 0.1) is 18.8 Å². The topological polar surface area (TPSA) is 60.2 Å². The van der Waals surface area contributed by atoms with Gasteiger partial charge in [0.15, 0.2) is 0 Å².